The second-order valence-electron chi connectivity index (χ2n) is 3.99. The Hall–Kier alpha value is -1.77. The Labute approximate surface area is 122 Å². The maximum atomic E-state index is 8.69. The second kappa shape index (κ2) is 5.08. The van der Waals surface area contributed by atoms with Gasteiger partial charge in [-0.1, -0.05) is 18.2 Å². The lowest BCUT2D eigenvalue weighted by molar-refractivity contribution is 1.15. The van der Waals surface area contributed by atoms with E-state index in [-0.39, 0.29) is 0 Å². The summed E-state index contributed by atoms with van der Waals surface area (Å²) in [5.41, 5.74) is 2.56. The lowest BCUT2D eigenvalue weighted by Gasteiger charge is -2.03. The van der Waals surface area contributed by atoms with Crippen LogP contribution < -0.4 is 0 Å². The van der Waals surface area contributed by atoms with Gasteiger partial charge in [0.15, 0.2) is 0 Å². The number of hydrogen-bond donors (Lipinski definition) is 0. The van der Waals surface area contributed by atoms with Crippen LogP contribution in [-0.2, 0) is 6.42 Å². The van der Waals surface area contributed by atoms with Crippen LogP contribution in [0.5, 0.6) is 0 Å². The molecule has 19 heavy (non-hydrogen) atoms. The smallest absolute Gasteiger partial charge is 0.143 e. The third-order valence-corrected chi connectivity index (χ3v) is 4.19. The molecule has 0 bridgehead atoms. The average molecular weight is 330 g/mol. The van der Waals surface area contributed by atoms with Crippen molar-refractivity contribution in [3.05, 3.63) is 45.9 Å². The van der Waals surface area contributed by atoms with Gasteiger partial charge in [0.05, 0.1) is 23.7 Å². The zero-order valence-corrected chi connectivity index (χ0v) is 12.2. The number of hydrogen-bond acceptors (Lipinski definition) is 4. The molecule has 3 nitrogen and oxygen atoms in total. The molecule has 0 radical (unpaired) electrons. The van der Waals surface area contributed by atoms with Crippen LogP contribution in [0.15, 0.2) is 40.2 Å². The molecule has 3 aromatic rings. The lowest BCUT2D eigenvalue weighted by Crippen LogP contribution is -1.88. The summed E-state index contributed by atoms with van der Waals surface area (Å²) in [5, 5.41) is 12.5. The van der Waals surface area contributed by atoms with Crippen molar-refractivity contribution >= 4 is 38.2 Å². The first-order valence-electron chi connectivity index (χ1n) is 5.65. The minimum atomic E-state index is 0.335. The predicted octanol–water partition coefficient (Wildman–Crippen LogP) is 4.19. The van der Waals surface area contributed by atoms with E-state index in [2.05, 4.69) is 32.0 Å². The first-order valence-corrected chi connectivity index (χ1v) is 7.32. The van der Waals surface area contributed by atoms with Crippen molar-refractivity contribution in [1.29, 1.82) is 5.26 Å². The lowest BCUT2D eigenvalue weighted by atomic mass is 10.2. The van der Waals surface area contributed by atoms with Gasteiger partial charge < -0.3 is 0 Å². The van der Waals surface area contributed by atoms with Gasteiger partial charge in [0, 0.05) is 15.2 Å². The fourth-order valence-electron chi connectivity index (χ4n) is 1.82. The number of para-hydroxylation sites is 1. The van der Waals surface area contributed by atoms with Crippen molar-refractivity contribution in [3.8, 4) is 16.8 Å². The summed E-state index contributed by atoms with van der Waals surface area (Å²) in [6.45, 7) is 0. The van der Waals surface area contributed by atoms with Gasteiger partial charge in [-0.2, -0.15) is 5.26 Å². The van der Waals surface area contributed by atoms with Gasteiger partial charge in [-0.15, -0.1) is 11.3 Å². The number of rotatable bonds is 2. The maximum absolute atomic E-state index is 8.69. The normalized spacial score (nSPS) is 10.5. The Morgan fingerprint density at radius 3 is 2.95 bits per heavy atom. The first kappa shape index (κ1) is 12.3. The highest BCUT2D eigenvalue weighted by molar-refractivity contribution is 9.10. The molecule has 0 unspecified atom stereocenters. The molecule has 0 N–H and O–H groups in total. The van der Waals surface area contributed by atoms with Crippen LogP contribution in [0.3, 0.4) is 0 Å². The Balaban J connectivity index is 2.13. The number of halogens is 1. The zero-order chi connectivity index (χ0) is 13.2. The van der Waals surface area contributed by atoms with Gasteiger partial charge in [-0.3, -0.25) is 0 Å². The minimum absolute atomic E-state index is 0.335. The molecule has 0 saturated carbocycles. The van der Waals surface area contributed by atoms with Crippen molar-refractivity contribution in [2.75, 3.05) is 0 Å². The summed E-state index contributed by atoms with van der Waals surface area (Å²) < 4.78 is 0.920. The molecular weight excluding hydrogens is 322 g/mol. The van der Waals surface area contributed by atoms with Gasteiger partial charge in [-0.05, 0) is 28.1 Å². The summed E-state index contributed by atoms with van der Waals surface area (Å²) in [5.74, 6) is 0. The van der Waals surface area contributed by atoms with Crippen LogP contribution in [0.2, 0.25) is 0 Å². The summed E-state index contributed by atoms with van der Waals surface area (Å²) in [6, 6.07) is 12.1. The fraction of sp³-hybridized carbons (Fsp3) is 0.0714. The molecule has 1 aromatic carbocycles. The average Bonchev–Trinajstić information content (AvgIpc) is 2.87. The van der Waals surface area contributed by atoms with E-state index in [0.29, 0.717) is 6.42 Å². The minimum Gasteiger partial charge on any atom is -0.244 e. The molecule has 0 spiro atoms. The Morgan fingerprint density at radius 2 is 2.11 bits per heavy atom. The molecule has 2 aromatic heterocycles. The third kappa shape index (κ3) is 2.37. The molecular formula is C14H8BrN3S. The fourth-order valence-corrected chi connectivity index (χ4v) is 3.29. The molecule has 0 saturated heterocycles. The monoisotopic (exact) mass is 329 g/mol. The number of nitriles is 1. The van der Waals surface area contributed by atoms with Crippen LogP contribution >= 0.6 is 27.3 Å². The van der Waals surface area contributed by atoms with Crippen molar-refractivity contribution < 1.29 is 0 Å². The first-order chi connectivity index (χ1) is 9.28. The SMILES string of the molecule is N#CCc1csc(-c2nc3ccccc3cc2Br)n1. The summed E-state index contributed by atoms with van der Waals surface area (Å²) in [6.07, 6.45) is 0.335. The topological polar surface area (TPSA) is 49.6 Å². The van der Waals surface area contributed by atoms with Crippen molar-refractivity contribution in [2.45, 2.75) is 6.42 Å². The van der Waals surface area contributed by atoms with Crippen LogP contribution in [0.25, 0.3) is 21.6 Å². The number of pyridine rings is 1. The Kier molecular flexibility index (Phi) is 3.28. The van der Waals surface area contributed by atoms with Crippen LogP contribution in [-0.4, -0.2) is 9.97 Å². The van der Waals surface area contributed by atoms with E-state index in [1.807, 2.05) is 35.7 Å². The summed E-state index contributed by atoms with van der Waals surface area (Å²) in [4.78, 5) is 9.08. The van der Waals surface area contributed by atoms with Crippen LogP contribution in [0.4, 0.5) is 0 Å². The highest BCUT2D eigenvalue weighted by Crippen LogP contribution is 2.31. The van der Waals surface area contributed by atoms with Gasteiger partial charge in [0.1, 0.15) is 10.7 Å². The molecule has 0 aliphatic heterocycles. The molecule has 5 heteroatoms. The maximum Gasteiger partial charge on any atom is 0.143 e. The van der Waals surface area contributed by atoms with Crippen LogP contribution in [0, 0.1) is 11.3 Å². The Bertz CT molecular complexity index is 789. The number of nitrogens with zero attached hydrogens (tertiary/aromatic N) is 3. The van der Waals surface area contributed by atoms with E-state index < -0.39 is 0 Å². The van der Waals surface area contributed by atoms with E-state index in [1.165, 1.54) is 11.3 Å². The largest absolute Gasteiger partial charge is 0.244 e. The molecule has 0 amide bonds. The summed E-state index contributed by atoms with van der Waals surface area (Å²) >= 11 is 5.05. The van der Waals surface area contributed by atoms with Crippen molar-refractivity contribution in [2.24, 2.45) is 0 Å². The van der Waals surface area contributed by atoms with E-state index in [1.54, 1.807) is 0 Å². The number of thiazole rings is 1. The van der Waals surface area contributed by atoms with E-state index >= 15 is 0 Å². The van der Waals surface area contributed by atoms with Gasteiger partial charge >= 0.3 is 0 Å². The van der Waals surface area contributed by atoms with Gasteiger partial charge in [0.25, 0.3) is 0 Å². The molecule has 0 fully saturated rings. The Morgan fingerprint density at radius 1 is 1.26 bits per heavy atom. The van der Waals surface area contributed by atoms with Crippen LogP contribution in [0.1, 0.15) is 5.69 Å². The molecule has 2 heterocycles. The molecule has 3 rings (SSSR count). The molecule has 0 aliphatic carbocycles. The standard InChI is InChI=1S/C14H8BrN3S/c15-11-7-9-3-1-2-4-12(9)18-13(11)14-17-10(5-6-16)8-19-14/h1-4,7-8H,5H2. The molecule has 92 valence electrons. The number of benzene rings is 1. The number of aromatic nitrogens is 2. The van der Waals surface area contributed by atoms with Crippen molar-refractivity contribution in [1.82, 2.24) is 9.97 Å². The summed E-state index contributed by atoms with van der Waals surface area (Å²) in [7, 11) is 0. The van der Waals surface area contributed by atoms with E-state index in [4.69, 9.17) is 5.26 Å². The number of fused-ring (bicyclic) bond motifs is 1. The molecule has 0 aliphatic rings. The third-order valence-electron chi connectivity index (χ3n) is 2.69. The van der Waals surface area contributed by atoms with Gasteiger partial charge in [-0.25, -0.2) is 9.97 Å². The van der Waals surface area contributed by atoms with Crippen molar-refractivity contribution in [3.63, 3.8) is 0 Å². The quantitative estimate of drug-likeness (QED) is 0.708. The highest BCUT2D eigenvalue weighted by Gasteiger charge is 2.11. The second-order valence-corrected chi connectivity index (χ2v) is 5.70. The van der Waals surface area contributed by atoms with E-state index in [9.17, 15) is 0 Å². The van der Waals surface area contributed by atoms with Gasteiger partial charge in [0.2, 0.25) is 0 Å². The zero-order valence-electron chi connectivity index (χ0n) is 9.80. The molecule has 0 atom stereocenters. The van der Waals surface area contributed by atoms with E-state index in [0.717, 1.165) is 31.8 Å². The predicted molar refractivity (Wildman–Crippen MR) is 79.9 cm³/mol. The highest BCUT2D eigenvalue weighted by atomic mass is 79.9.